The van der Waals surface area contributed by atoms with Gasteiger partial charge in [0.15, 0.2) is 0 Å². The van der Waals surface area contributed by atoms with E-state index in [0.29, 0.717) is 11.5 Å². The summed E-state index contributed by atoms with van der Waals surface area (Å²) in [6, 6.07) is 44.4. The van der Waals surface area contributed by atoms with Crippen LogP contribution >= 0.6 is 11.3 Å². The minimum absolute atomic E-state index is 0.126. The van der Waals surface area contributed by atoms with E-state index in [1.165, 1.54) is 16.7 Å². The number of hydrogen-bond donors (Lipinski definition) is 0. The number of para-hydroxylation sites is 1. The largest absolute Gasteiger partial charge is 0.490 e. The molecular formula is C46H35NO6S. The molecule has 6 aromatic carbocycles. The highest BCUT2D eigenvalue weighted by Gasteiger charge is 2.46. The van der Waals surface area contributed by atoms with Gasteiger partial charge in [0.05, 0.1) is 15.6 Å². The third-order valence-corrected chi connectivity index (χ3v) is 10.7. The van der Waals surface area contributed by atoms with Gasteiger partial charge in [-0.1, -0.05) is 92.0 Å². The van der Waals surface area contributed by atoms with E-state index in [4.69, 9.17) is 23.9 Å². The molecule has 0 saturated heterocycles. The van der Waals surface area contributed by atoms with E-state index < -0.39 is 17.4 Å². The molecule has 0 radical (unpaired) electrons. The zero-order chi connectivity index (χ0) is 37.1. The molecule has 0 fully saturated rings. The average molecular weight is 730 g/mol. The van der Waals surface area contributed by atoms with Crippen LogP contribution in [0.2, 0.25) is 0 Å². The van der Waals surface area contributed by atoms with Crippen molar-refractivity contribution in [1.29, 1.82) is 0 Å². The number of aromatic nitrogens is 1. The number of rotatable bonds is 13. The van der Waals surface area contributed by atoms with E-state index in [1.54, 1.807) is 11.3 Å². The van der Waals surface area contributed by atoms with Crippen LogP contribution in [0.3, 0.4) is 0 Å². The lowest BCUT2D eigenvalue weighted by molar-refractivity contribution is -0.139. The van der Waals surface area contributed by atoms with Gasteiger partial charge in [0.25, 0.3) is 0 Å². The number of ether oxygens (including phenoxy) is 4. The average Bonchev–Trinajstić information content (AvgIpc) is 3.79. The SMILES string of the molecule is C=CC(=O)OCCOc1ccc(C2(c3ccc4cc(OCCOC(=O)C=C)ccc4c3)c3ccccc3-c3cc(-c4nc5ccccc5s4)ccc32)cc1. The first-order valence-electron chi connectivity index (χ1n) is 17.6. The molecule has 1 unspecified atom stereocenters. The van der Waals surface area contributed by atoms with E-state index in [2.05, 4.69) is 104 Å². The molecule has 1 atom stereocenters. The summed E-state index contributed by atoms with van der Waals surface area (Å²) < 4.78 is 23.2. The minimum atomic E-state index is -0.658. The van der Waals surface area contributed by atoms with Crippen molar-refractivity contribution in [2.45, 2.75) is 5.41 Å². The number of nitrogens with zero attached hydrogens (tertiary/aromatic N) is 1. The van der Waals surface area contributed by atoms with Crippen molar-refractivity contribution in [2.75, 3.05) is 26.4 Å². The van der Waals surface area contributed by atoms with Gasteiger partial charge in [-0.2, -0.15) is 0 Å². The van der Waals surface area contributed by atoms with E-state index in [0.717, 1.165) is 60.4 Å². The topological polar surface area (TPSA) is 84.0 Å². The van der Waals surface area contributed by atoms with Crippen LogP contribution in [0.25, 0.3) is 42.7 Å². The van der Waals surface area contributed by atoms with Crippen LogP contribution in [0.5, 0.6) is 11.5 Å². The lowest BCUT2D eigenvalue weighted by Crippen LogP contribution is -2.28. The van der Waals surface area contributed by atoms with Crippen molar-refractivity contribution in [1.82, 2.24) is 4.98 Å². The van der Waals surface area contributed by atoms with Crippen molar-refractivity contribution in [3.05, 3.63) is 175 Å². The predicted molar refractivity (Wildman–Crippen MR) is 213 cm³/mol. The van der Waals surface area contributed by atoms with Crippen LogP contribution < -0.4 is 9.47 Å². The molecule has 1 aromatic heterocycles. The maximum Gasteiger partial charge on any atom is 0.330 e. The van der Waals surface area contributed by atoms with Gasteiger partial charge < -0.3 is 18.9 Å². The lowest BCUT2D eigenvalue weighted by Gasteiger charge is -2.34. The third kappa shape index (κ3) is 6.41. The van der Waals surface area contributed by atoms with E-state index >= 15 is 0 Å². The van der Waals surface area contributed by atoms with Gasteiger partial charge in [0.1, 0.15) is 42.9 Å². The molecule has 1 heterocycles. The molecule has 8 rings (SSSR count). The summed E-state index contributed by atoms with van der Waals surface area (Å²) in [5.41, 5.74) is 8.29. The number of fused-ring (bicyclic) bond motifs is 5. The summed E-state index contributed by atoms with van der Waals surface area (Å²) in [6.07, 6.45) is 2.27. The van der Waals surface area contributed by atoms with Gasteiger partial charge in [-0.05, 0) is 92.7 Å². The smallest absolute Gasteiger partial charge is 0.330 e. The van der Waals surface area contributed by atoms with Gasteiger partial charge in [-0.15, -0.1) is 11.3 Å². The third-order valence-electron chi connectivity index (χ3n) is 9.64. The summed E-state index contributed by atoms with van der Waals surface area (Å²) in [6.45, 7) is 7.58. The van der Waals surface area contributed by atoms with Gasteiger partial charge in [0.2, 0.25) is 0 Å². The number of thiazole rings is 1. The summed E-state index contributed by atoms with van der Waals surface area (Å²) in [5.74, 6) is 0.404. The Morgan fingerprint density at radius 2 is 1.24 bits per heavy atom. The molecule has 0 N–H and O–H groups in total. The van der Waals surface area contributed by atoms with Crippen molar-refractivity contribution >= 4 is 44.3 Å². The molecule has 7 aromatic rings. The standard InChI is InChI=1S/C46H35NO6S/c1-3-43(48)52-25-23-50-35-20-17-33(18-21-35)46(34-16-13-31-28-36(19-14-30(31)27-34)51-24-26-53-44(49)4-2)39-10-6-5-9-37(39)38-29-32(15-22-40(38)46)45-47-41-11-7-8-12-42(41)54-45/h3-22,27-29H,1-2,23-26H2. The molecule has 0 bridgehead atoms. The zero-order valence-corrected chi connectivity index (χ0v) is 30.1. The fraction of sp³-hybridized carbons (Fsp3) is 0.109. The Bertz CT molecular complexity index is 2520. The quantitative estimate of drug-likeness (QED) is 0.0664. The fourth-order valence-electron chi connectivity index (χ4n) is 7.27. The lowest BCUT2D eigenvalue weighted by atomic mass is 9.67. The van der Waals surface area contributed by atoms with Crippen LogP contribution in [-0.4, -0.2) is 43.4 Å². The molecule has 1 aliphatic rings. The van der Waals surface area contributed by atoms with E-state index in [-0.39, 0.29) is 26.4 Å². The zero-order valence-electron chi connectivity index (χ0n) is 29.3. The number of hydrogen-bond acceptors (Lipinski definition) is 8. The molecule has 266 valence electrons. The molecule has 0 amide bonds. The van der Waals surface area contributed by atoms with Crippen molar-refractivity contribution in [3.63, 3.8) is 0 Å². The summed E-state index contributed by atoms with van der Waals surface area (Å²) in [4.78, 5) is 27.9. The highest BCUT2D eigenvalue weighted by atomic mass is 32.1. The van der Waals surface area contributed by atoms with Gasteiger partial charge >= 0.3 is 11.9 Å². The Hall–Kier alpha value is -6.51. The van der Waals surface area contributed by atoms with Crippen LogP contribution in [0.4, 0.5) is 0 Å². The molecule has 0 saturated carbocycles. The number of carbonyl (C=O) groups is 2. The van der Waals surface area contributed by atoms with E-state index in [9.17, 15) is 9.59 Å². The Kier molecular flexibility index (Phi) is 9.51. The maximum atomic E-state index is 11.5. The summed E-state index contributed by atoms with van der Waals surface area (Å²) >= 11 is 1.70. The first-order chi connectivity index (χ1) is 26.5. The van der Waals surface area contributed by atoms with Crippen LogP contribution in [0.15, 0.2) is 153 Å². The second-order valence-electron chi connectivity index (χ2n) is 12.7. The molecule has 1 aliphatic carbocycles. The highest BCUT2D eigenvalue weighted by Crippen LogP contribution is 2.57. The first kappa shape index (κ1) is 34.6. The molecular weight excluding hydrogens is 695 g/mol. The molecule has 7 nitrogen and oxygen atoms in total. The Morgan fingerprint density at radius 1 is 0.611 bits per heavy atom. The van der Waals surface area contributed by atoms with Gasteiger partial charge in [0, 0.05) is 17.7 Å². The monoisotopic (exact) mass is 729 g/mol. The van der Waals surface area contributed by atoms with Crippen LogP contribution in [0, 0.1) is 0 Å². The normalized spacial score (nSPS) is 14.2. The Balaban J connectivity index is 1.22. The first-order valence-corrected chi connectivity index (χ1v) is 18.4. The van der Waals surface area contributed by atoms with Crippen molar-refractivity contribution in [3.8, 4) is 33.2 Å². The number of benzene rings is 6. The Labute approximate surface area is 316 Å². The second-order valence-corrected chi connectivity index (χ2v) is 13.8. The van der Waals surface area contributed by atoms with Crippen molar-refractivity contribution in [2.24, 2.45) is 0 Å². The molecule has 0 spiro atoms. The number of carbonyl (C=O) groups excluding carboxylic acids is 2. The highest BCUT2D eigenvalue weighted by molar-refractivity contribution is 7.21. The summed E-state index contributed by atoms with van der Waals surface area (Å²) in [5, 5.41) is 3.06. The molecule has 0 aliphatic heterocycles. The van der Waals surface area contributed by atoms with Crippen LogP contribution in [-0.2, 0) is 24.5 Å². The van der Waals surface area contributed by atoms with Crippen molar-refractivity contribution < 1.29 is 28.5 Å². The predicted octanol–water partition coefficient (Wildman–Crippen LogP) is 9.70. The Morgan fingerprint density at radius 3 is 2.00 bits per heavy atom. The molecule has 8 heteroatoms. The maximum absolute atomic E-state index is 11.5. The second kappa shape index (κ2) is 14.8. The number of esters is 2. The van der Waals surface area contributed by atoms with E-state index in [1.807, 2.05) is 36.4 Å². The van der Waals surface area contributed by atoms with Gasteiger partial charge in [-0.25, -0.2) is 14.6 Å². The van der Waals surface area contributed by atoms with Crippen LogP contribution in [0.1, 0.15) is 22.3 Å². The molecule has 54 heavy (non-hydrogen) atoms. The van der Waals surface area contributed by atoms with Gasteiger partial charge in [-0.3, -0.25) is 0 Å². The fourth-order valence-corrected chi connectivity index (χ4v) is 8.23. The summed E-state index contributed by atoms with van der Waals surface area (Å²) in [7, 11) is 0. The minimum Gasteiger partial charge on any atom is -0.490 e.